The highest BCUT2D eigenvalue weighted by atomic mass is 35.5. The summed E-state index contributed by atoms with van der Waals surface area (Å²) in [6.45, 7) is 1.77. The van der Waals surface area contributed by atoms with Gasteiger partial charge in [-0.1, -0.05) is 35.5 Å². The first-order valence-corrected chi connectivity index (χ1v) is 10.6. The minimum Gasteiger partial charge on any atom is -0.222 e. The Hall–Kier alpha value is -3.25. The third kappa shape index (κ3) is 3.65. The molecule has 2 aromatic carbocycles. The number of alkyl halides is 3. The molecule has 0 unspecified atom stereocenters. The Morgan fingerprint density at radius 3 is 2.72 bits per heavy atom. The van der Waals surface area contributed by atoms with Crippen molar-refractivity contribution in [1.82, 2.24) is 39.8 Å². The van der Waals surface area contributed by atoms with Crippen molar-refractivity contribution in [2.75, 3.05) is 0 Å². The number of hydrogen-bond donors (Lipinski definition) is 0. The number of para-hydroxylation sites is 1. The summed E-state index contributed by atoms with van der Waals surface area (Å²) >= 11 is 7.02. The first-order chi connectivity index (χ1) is 15.3. The van der Waals surface area contributed by atoms with Crippen molar-refractivity contribution in [1.29, 1.82) is 0 Å². The third-order valence-corrected chi connectivity index (χ3v) is 5.77. The normalized spacial score (nSPS) is 12.2. The van der Waals surface area contributed by atoms with Gasteiger partial charge in [0.2, 0.25) is 0 Å². The van der Waals surface area contributed by atoms with Gasteiger partial charge in [0, 0.05) is 10.4 Å². The fraction of sp³-hybridized carbons (Fsp3) is 0.158. The summed E-state index contributed by atoms with van der Waals surface area (Å²) in [5, 5.41) is 17.0. The molecule has 0 N–H and O–H groups in total. The summed E-state index contributed by atoms with van der Waals surface area (Å²) in [5.74, 6) is 0.931. The molecule has 5 aromatic rings. The average Bonchev–Trinajstić information content (AvgIpc) is 3.37. The molecular formula is C19H12ClF3N8S. The van der Waals surface area contributed by atoms with Crippen LogP contribution in [0.3, 0.4) is 0 Å². The molecule has 13 heteroatoms. The number of nitrogens with zero attached hydrogens (tertiary/aromatic N) is 8. The van der Waals surface area contributed by atoms with Crippen LogP contribution in [-0.4, -0.2) is 39.8 Å². The van der Waals surface area contributed by atoms with Crippen LogP contribution in [0.2, 0.25) is 5.02 Å². The molecule has 162 valence electrons. The fourth-order valence-electron chi connectivity index (χ4n) is 3.26. The summed E-state index contributed by atoms with van der Waals surface area (Å²) in [6.07, 6.45) is -4.62. The number of rotatable bonds is 4. The lowest BCUT2D eigenvalue weighted by molar-refractivity contribution is -0.137. The molecule has 0 fully saturated rings. The highest BCUT2D eigenvalue weighted by molar-refractivity contribution is 7.98. The van der Waals surface area contributed by atoms with E-state index in [0.717, 1.165) is 21.7 Å². The number of fused-ring (bicyclic) bond motifs is 3. The Morgan fingerprint density at radius 2 is 1.91 bits per heavy atom. The molecule has 8 nitrogen and oxygen atoms in total. The second kappa shape index (κ2) is 7.71. The Balaban J connectivity index is 1.54. The number of hydrogen-bond acceptors (Lipinski definition) is 7. The van der Waals surface area contributed by atoms with Gasteiger partial charge in [-0.15, -0.1) is 10.2 Å². The fourth-order valence-corrected chi connectivity index (χ4v) is 4.28. The van der Waals surface area contributed by atoms with E-state index in [1.165, 1.54) is 23.9 Å². The van der Waals surface area contributed by atoms with Crippen LogP contribution in [0.5, 0.6) is 0 Å². The van der Waals surface area contributed by atoms with Crippen molar-refractivity contribution in [2.24, 2.45) is 0 Å². The van der Waals surface area contributed by atoms with Crippen molar-refractivity contribution in [3.05, 3.63) is 64.7 Å². The molecule has 0 spiro atoms. The van der Waals surface area contributed by atoms with Crippen LogP contribution in [0.4, 0.5) is 13.2 Å². The van der Waals surface area contributed by atoms with Gasteiger partial charge in [0.1, 0.15) is 5.82 Å². The minimum atomic E-state index is -4.62. The van der Waals surface area contributed by atoms with Crippen LogP contribution in [0, 0.1) is 6.92 Å². The number of halogens is 4. The number of aromatic nitrogens is 8. The molecule has 3 heterocycles. The van der Waals surface area contributed by atoms with Gasteiger partial charge in [-0.3, -0.25) is 0 Å². The molecule has 0 amide bonds. The van der Waals surface area contributed by atoms with E-state index >= 15 is 0 Å². The van der Waals surface area contributed by atoms with E-state index in [0.29, 0.717) is 16.6 Å². The van der Waals surface area contributed by atoms with Gasteiger partial charge in [0.15, 0.2) is 16.6 Å². The number of tetrazole rings is 1. The molecule has 0 aliphatic heterocycles. The van der Waals surface area contributed by atoms with Gasteiger partial charge in [-0.25, -0.2) is 9.97 Å². The van der Waals surface area contributed by atoms with Crippen LogP contribution < -0.4 is 0 Å². The van der Waals surface area contributed by atoms with Crippen LogP contribution in [0.25, 0.3) is 22.2 Å². The van der Waals surface area contributed by atoms with Gasteiger partial charge in [0.05, 0.1) is 22.5 Å². The predicted molar refractivity (Wildman–Crippen MR) is 112 cm³/mol. The predicted octanol–water partition coefficient (Wildman–Crippen LogP) is 4.53. The highest BCUT2D eigenvalue weighted by Crippen LogP contribution is 2.36. The Morgan fingerprint density at radius 1 is 1.09 bits per heavy atom. The van der Waals surface area contributed by atoms with Crippen LogP contribution in [0.15, 0.2) is 47.6 Å². The maximum atomic E-state index is 13.6. The Kier molecular flexibility index (Phi) is 4.97. The Labute approximate surface area is 187 Å². The first kappa shape index (κ1) is 20.6. The number of benzene rings is 2. The zero-order valence-corrected chi connectivity index (χ0v) is 17.8. The van der Waals surface area contributed by atoms with Crippen LogP contribution >= 0.6 is 23.4 Å². The largest absolute Gasteiger partial charge is 0.418 e. The second-order valence-corrected chi connectivity index (χ2v) is 8.14. The van der Waals surface area contributed by atoms with Crippen molar-refractivity contribution >= 4 is 39.9 Å². The molecule has 0 atom stereocenters. The van der Waals surface area contributed by atoms with Crippen molar-refractivity contribution in [2.45, 2.75) is 24.0 Å². The quantitative estimate of drug-likeness (QED) is 0.278. The van der Waals surface area contributed by atoms with Gasteiger partial charge in [-0.2, -0.15) is 22.4 Å². The van der Waals surface area contributed by atoms with Gasteiger partial charge in [0.25, 0.3) is 0 Å². The molecule has 0 bridgehead atoms. The van der Waals surface area contributed by atoms with E-state index in [2.05, 4.69) is 30.6 Å². The van der Waals surface area contributed by atoms with Crippen LogP contribution in [-0.2, 0) is 11.9 Å². The molecule has 3 aromatic heterocycles. The van der Waals surface area contributed by atoms with Crippen molar-refractivity contribution in [3.63, 3.8) is 0 Å². The smallest absolute Gasteiger partial charge is 0.222 e. The van der Waals surface area contributed by atoms with E-state index in [4.69, 9.17) is 11.6 Å². The second-order valence-electron chi connectivity index (χ2n) is 6.76. The van der Waals surface area contributed by atoms with E-state index in [-0.39, 0.29) is 22.3 Å². The standard InChI is InChI=1S/C19H12ClF3N8S/c1-10-24-17-12-4-2-3-5-14(12)25-18(31(17)27-10)32-9-16-26-28-29-30(16)15-7-6-11(20)8-13(15)19(21,22)23/h2-8H,9H2,1H3. The lowest BCUT2D eigenvalue weighted by atomic mass is 10.1. The third-order valence-electron chi connectivity index (χ3n) is 4.61. The summed E-state index contributed by atoms with van der Waals surface area (Å²) in [5.41, 5.74) is 0.233. The molecule has 32 heavy (non-hydrogen) atoms. The van der Waals surface area contributed by atoms with E-state index in [1.807, 2.05) is 24.3 Å². The summed E-state index contributed by atoms with van der Waals surface area (Å²) in [6, 6.07) is 11.0. The lowest BCUT2D eigenvalue weighted by Gasteiger charge is -2.13. The summed E-state index contributed by atoms with van der Waals surface area (Å²) in [7, 11) is 0. The zero-order valence-electron chi connectivity index (χ0n) is 16.2. The van der Waals surface area contributed by atoms with Gasteiger partial charge in [-0.05, 0) is 47.7 Å². The van der Waals surface area contributed by atoms with Crippen LogP contribution in [0.1, 0.15) is 17.2 Å². The average molecular weight is 477 g/mol. The van der Waals surface area contributed by atoms with E-state index < -0.39 is 11.7 Å². The topological polar surface area (TPSA) is 86.7 Å². The van der Waals surface area contributed by atoms with Gasteiger partial charge < -0.3 is 0 Å². The summed E-state index contributed by atoms with van der Waals surface area (Å²) in [4.78, 5) is 9.11. The maximum Gasteiger partial charge on any atom is 0.418 e. The van der Waals surface area contributed by atoms with Gasteiger partial charge >= 0.3 is 6.18 Å². The monoisotopic (exact) mass is 476 g/mol. The highest BCUT2D eigenvalue weighted by Gasteiger charge is 2.35. The molecular weight excluding hydrogens is 465 g/mol. The molecule has 0 saturated carbocycles. The lowest BCUT2D eigenvalue weighted by Crippen LogP contribution is -2.13. The maximum absolute atomic E-state index is 13.6. The van der Waals surface area contributed by atoms with Crippen molar-refractivity contribution < 1.29 is 13.2 Å². The summed E-state index contributed by atoms with van der Waals surface area (Å²) < 4.78 is 43.3. The Bertz CT molecular complexity index is 1460. The number of aryl methyl sites for hydroxylation is 1. The number of thioether (sulfide) groups is 1. The zero-order chi connectivity index (χ0) is 22.5. The molecule has 0 radical (unpaired) electrons. The molecule has 0 saturated heterocycles. The molecule has 0 aliphatic rings. The van der Waals surface area contributed by atoms with Crippen molar-refractivity contribution in [3.8, 4) is 5.69 Å². The van der Waals surface area contributed by atoms with E-state index in [9.17, 15) is 13.2 Å². The van der Waals surface area contributed by atoms with E-state index in [1.54, 1.807) is 11.4 Å². The molecule has 0 aliphatic carbocycles. The first-order valence-electron chi connectivity index (χ1n) is 9.20. The SMILES string of the molecule is Cc1nc2c3ccccc3nc(SCc3nnnn3-c3ccc(Cl)cc3C(F)(F)F)n2n1. The molecule has 5 rings (SSSR count). The minimum absolute atomic E-state index is 0.0330.